The molecule has 1 unspecified atom stereocenters. The molecule has 0 aliphatic carbocycles. The van der Waals surface area contributed by atoms with Crippen LogP contribution in [0.1, 0.15) is 43.2 Å². The van der Waals surface area contributed by atoms with Crippen LogP contribution in [0.3, 0.4) is 0 Å². The standard InChI is InChI=1S/C14H20N2O4S/c17-14(18)12-2-1-3-13-15-11(9-16(12)13)8-10-4-6-21(19,20)7-5-10/h9-10,12H,1-8H2,(H,17,18). The third-order valence-corrected chi connectivity index (χ3v) is 6.25. The molecule has 1 N–H and O–H groups in total. The number of carboxylic acid groups (broad SMARTS) is 1. The van der Waals surface area contributed by atoms with E-state index in [-0.39, 0.29) is 11.5 Å². The molecule has 3 heterocycles. The number of aliphatic carboxylic acids is 1. The van der Waals surface area contributed by atoms with Gasteiger partial charge in [0.1, 0.15) is 21.7 Å². The fourth-order valence-electron chi connectivity index (χ4n) is 3.31. The van der Waals surface area contributed by atoms with Crippen LogP contribution in [0.4, 0.5) is 0 Å². The molecule has 0 radical (unpaired) electrons. The summed E-state index contributed by atoms with van der Waals surface area (Å²) in [6, 6.07) is -0.498. The maximum absolute atomic E-state index is 11.4. The minimum Gasteiger partial charge on any atom is -0.480 e. The van der Waals surface area contributed by atoms with E-state index in [0.29, 0.717) is 25.2 Å². The van der Waals surface area contributed by atoms with Crippen molar-refractivity contribution in [3.8, 4) is 0 Å². The lowest BCUT2D eigenvalue weighted by molar-refractivity contribution is -0.141. The first-order chi connectivity index (χ1) is 9.94. The van der Waals surface area contributed by atoms with Gasteiger partial charge in [0.25, 0.3) is 0 Å². The highest BCUT2D eigenvalue weighted by atomic mass is 32.2. The average molecular weight is 312 g/mol. The second-order valence-corrected chi connectivity index (χ2v) is 8.40. The highest BCUT2D eigenvalue weighted by Crippen LogP contribution is 2.28. The zero-order valence-corrected chi connectivity index (χ0v) is 12.7. The van der Waals surface area contributed by atoms with Crippen molar-refractivity contribution in [3.63, 3.8) is 0 Å². The number of nitrogens with zero attached hydrogens (tertiary/aromatic N) is 2. The number of carbonyl (C=O) groups is 1. The fraction of sp³-hybridized carbons (Fsp3) is 0.714. The fourth-order valence-corrected chi connectivity index (χ4v) is 4.90. The lowest BCUT2D eigenvalue weighted by Gasteiger charge is -2.21. The Balaban J connectivity index is 1.72. The van der Waals surface area contributed by atoms with Gasteiger partial charge in [0.2, 0.25) is 0 Å². The van der Waals surface area contributed by atoms with Crippen LogP contribution in [0.2, 0.25) is 0 Å². The number of aryl methyl sites for hydroxylation is 1. The van der Waals surface area contributed by atoms with Gasteiger partial charge in [-0.15, -0.1) is 0 Å². The van der Waals surface area contributed by atoms with Crippen molar-refractivity contribution >= 4 is 15.8 Å². The molecule has 0 spiro atoms. The number of sulfone groups is 1. The molecule has 1 atom stereocenters. The van der Waals surface area contributed by atoms with Crippen LogP contribution in [0.25, 0.3) is 0 Å². The van der Waals surface area contributed by atoms with Gasteiger partial charge in [0.05, 0.1) is 17.2 Å². The summed E-state index contributed by atoms with van der Waals surface area (Å²) in [6.07, 6.45) is 6.32. The van der Waals surface area contributed by atoms with Gasteiger partial charge in [0.15, 0.2) is 0 Å². The number of fused-ring (bicyclic) bond motifs is 1. The number of hydrogen-bond donors (Lipinski definition) is 1. The van der Waals surface area contributed by atoms with Crippen LogP contribution in [0.5, 0.6) is 0 Å². The van der Waals surface area contributed by atoms with E-state index in [1.54, 1.807) is 4.57 Å². The largest absolute Gasteiger partial charge is 0.480 e. The molecule has 7 heteroatoms. The molecule has 1 aromatic heterocycles. The first-order valence-electron chi connectivity index (χ1n) is 7.44. The molecular formula is C14H20N2O4S. The monoisotopic (exact) mass is 312 g/mol. The molecule has 3 rings (SSSR count). The predicted molar refractivity (Wildman–Crippen MR) is 76.9 cm³/mol. The van der Waals surface area contributed by atoms with Crippen LogP contribution in [0.15, 0.2) is 6.20 Å². The van der Waals surface area contributed by atoms with Crippen molar-refractivity contribution in [1.29, 1.82) is 0 Å². The van der Waals surface area contributed by atoms with E-state index in [1.807, 2.05) is 6.20 Å². The van der Waals surface area contributed by atoms with Crippen LogP contribution in [-0.2, 0) is 27.5 Å². The molecule has 0 bridgehead atoms. The SMILES string of the molecule is O=C(O)C1CCCc2nc(CC3CCS(=O)(=O)CC3)cn21. The Morgan fingerprint density at radius 1 is 1.33 bits per heavy atom. The van der Waals surface area contributed by atoms with Gasteiger partial charge in [-0.25, -0.2) is 18.2 Å². The van der Waals surface area contributed by atoms with Crippen molar-refractivity contribution in [1.82, 2.24) is 9.55 Å². The quantitative estimate of drug-likeness (QED) is 0.906. The molecule has 116 valence electrons. The van der Waals surface area contributed by atoms with Gasteiger partial charge < -0.3 is 9.67 Å². The Hall–Kier alpha value is -1.37. The number of imidazole rings is 1. The number of aromatic nitrogens is 2. The summed E-state index contributed by atoms with van der Waals surface area (Å²) >= 11 is 0. The van der Waals surface area contributed by atoms with Crippen molar-refractivity contribution < 1.29 is 18.3 Å². The van der Waals surface area contributed by atoms with Crippen LogP contribution in [0, 0.1) is 5.92 Å². The van der Waals surface area contributed by atoms with Gasteiger partial charge in [-0.2, -0.15) is 0 Å². The Bertz CT molecular complexity index is 636. The summed E-state index contributed by atoms with van der Waals surface area (Å²) in [7, 11) is -2.83. The third-order valence-electron chi connectivity index (χ3n) is 4.53. The third kappa shape index (κ3) is 3.12. The van der Waals surface area contributed by atoms with Gasteiger partial charge in [-0.1, -0.05) is 0 Å². The zero-order chi connectivity index (χ0) is 15.0. The summed E-state index contributed by atoms with van der Waals surface area (Å²) in [5.74, 6) is 0.927. The van der Waals surface area contributed by atoms with Crippen LogP contribution >= 0.6 is 0 Å². The van der Waals surface area contributed by atoms with Gasteiger partial charge in [-0.05, 0) is 38.0 Å². The first kappa shape index (κ1) is 14.6. The molecule has 2 aliphatic rings. The van der Waals surface area contributed by atoms with E-state index in [2.05, 4.69) is 4.98 Å². The summed E-state index contributed by atoms with van der Waals surface area (Å²) in [4.78, 5) is 15.8. The van der Waals surface area contributed by atoms with E-state index >= 15 is 0 Å². The smallest absolute Gasteiger partial charge is 0.326 e. The molecular weight excluding hydrogens is 292 g/mol. The zero-order valence-electron chi connectivity index (χ0n) is 11.9. The van der Waals surface area contributed by atoms with E-state index in [9.17, 15) is 18.3 Å². The lowest BCUT2D eigenvalue weighted by atomic mass is 9.97. The molecule has 21 heavy (non-hydrogen) atoms. The van der Waals surface area contributed by atoms with E-state index in [0.717, 1.165) is 30.8 Å². The second-order valence-electron chi connectivity index (χ2n) is 6.10. The maximum atomic E-state index is 11.4. The molecule has 0 aromatic carbocycles. The normalized spacial score (nSPS) is 25.4. The minimum atomic E-state index is -2.83. The van der Waals surface area contributed by atoms with Crippen molar-refractivity contribution in [3.05, 3.63) is 17.7 Å². The topological polar surface area (TPSA) is 89.3 Å². The second kappa shape index (κ2) is 5.44. The predicted octanol–water partition coefficient (Wildman–Crippen LogP) is 1.21. The molecule has 2 aliphatic heterocycles. The van der Waals surface area contributed by atoms with Crippen molar-refractivity contribution in [2.75, 3.05) is 11.5 Å². The average Bonchev–Trinajstić information content (AvgIpc) is 2.83. The van der Waals surface area contributed by atoms with Crippen molar-refractivity contribution in [2.24, 2.45) is 5.92 Å². The van der Waals surface area contributed by atoms with E-state index < -0.39 is 21.8 Å². The Morgan fingerprint density at radius 2 is 2.05 bits per heavy atom. The Morgan fingerprint density at radius 3 is 2.71 bits per heavy atom. The van der Waals surface area contributed by atoms with Crippen LogP contribution in [-0.4, -0.2) is 40.6 Å². The van der Waals surface area contributed by atoms with E-state index in [1.165, 1.54) is 0 Å². The highest BCUT2D eigenvalue weighted by molar-refractivity contribution is 7.91. The van der Waals surface area contributed by atoms with Gasteiger partial charge in [0, 0.05) is 12.6 Å². The molecule has 6 nitrogen and oxygen atoms in total. The minimum absolute atomic E-state index is 0.267. The molecule has 1 fully saturated rings. The maximum Gasteiger partial charge on any atom is 0.326 e. The van der Waals surface area contributed by atoms with Crippen LogP contribution < -0.4 is 0 Å². The molecule has 0 amide bonds. The van der Waals surface area contributed by atoms with Crippen molar-refractivity contribution in [2.45, 2.75) is 44.6 Å². The number of hydrogen-bond acceptors (Lipinski definition) is 4. The molecule has 1 saturated heterocycles. The Labute approximate surface area is 124 Å². The first-order valence-corrected chi connectivity index (χ1v) is 9.26. The summed E-state index contributed by atoms with van der Waals surface area (Å²) in [6.45, 7) is 0. The van der Waals surface area contributed by atoms with E-state index in [4.69, 9.17) is 0 Å². The summed E-state index contributed by atoms with van der Waals surface area (Å²) in [5.41, 5.74) is 0.905. The van der Waals surface area contributed by atoms with Gasteiger partial charge in [-0.3, -0.25) is 0 Å². The lowest BCUT2D eigenvalue weighted by Crippen LogP contribution is -2.24. The molecule has 1 aromatic rings. The Kier molecular flexibility index (Phi) is 3.77. The number of rotatable bonds is 3. The summed E-state index contributed by atoms with van der Waals surface area (Å²) < 4.78 is 24.7. The highest BCUT2D eigenvalue weighted by Gasteiger charge is 2.28. The molecule has 0 saturated carbocycles. The summed E-state index contributed by atoms with van der Waals surface area (Å²) in [5, 5.41) is 9.26. The van der Waals surface area contributed by atoms with Gasteiger partial charge >= 0.3 is 5.97 Å². The number of carboxylic acids is 1.